The molecule has 4 aromatic carbocycles. The van der Waals surface area contributed by atoms with Crippen LogP contribution in [0, 0.1) is 26.2 Å². The zero-order chi connectivity index (χ0) is 45.3. The maximum Gasteiger partial charge on any atom is 0.397 e. The first-order valence-corrected chi connectivity index (χ1v) is 24.7. The Morgan fingerprint density at radius 3 is 1.18 bits per heavy atom. The van der Waals surface area contributed by atoms with Crippen LogP contribution < -0.4 is 11.5 Å². The first kappa shape index (κ1) is 64.8. The Morgan fingerprint density at radius 2 is 0.887 bits per heavy atom. The third kappa shape index (κ3) is 25.2. The molecule has 0 aliphatic heterocycles. The Kier molecular flexibility index (Phi) is 30.5. The molecular weight excluding hydrogens is 1140 g/mol. The van der Waals surface area contributed by atoms with Crippen LogP contribution in [0.2, 0.25) is 0 Å². The molecule has 4 aromatic rings. The van der Waals surface area contributed by atoms with Gasteiger partial charge in [-0.25, -0.2) is 37.9 Å². The number of sulfone groups is 4. The summed E-state index contributed by atoms with van der Waals surface area (Å²) < 4.78 is 124. The molecule has 333 valence electrons. The van der Waals surface area contributed by atoms with Crippen LogP contribution in [0.3, 0.4) is 0 Å². The van der Waals surface area contributed by atoms with Crippen molar-refractivity contribution in [3.63, 3.8) is 0 Å². The number of anilines is 2. The summed E-state index contributed by atoms with van der Waals surface area (Å²) in [6.07, 6.45) is 0. The minimum absolute atomic E-state index is 0. The van der Waals surface area contributed by atoms with Gasteiger partial charge in [0.1, 0.15) is 0 Å². The summed E-state index contributed by atoms with van der Waals surface area (Å²) in [5.74, 6) is -1.01. The van der Waals surface area contributed by atoms with Crippen LogP contribution in [-0.4, -0.2) is 81.8 Å². The summed E-state index contributed by atoms with van der Waals surface area (Å²) in [6, 6.07) is 23.4. The maximum atomic E-state index is 11.6. The summed E-state index contributed by atoms with van der Waals surface area (Å²) >= 11 is 0. The number of hydrogen-bond acceptors (Lipinski definition) is 16. The normalized spacial score (nSPS) is 11.5. The van der Waals surface area contributed by atoms with Crippen molar-refractivity contribution in [1.82, 2.24) is 0 Å². The molecule has 3 radical (unpaired) electrons. The van der Waals surface area contributed by atoms with Gasteiger partial charge in [-0.2, -0.15) is 18.6 Å². The fraction of sp³-hybridized carbons (Fsp3) is 0.250. The minimum Gasteiger partial charge on any atom is -0.399 e. The van der Waals surface area contributed by atoms with Crippen LogP contribution in [0.1, 0.15) is 20.8 Å². The van der Waals surface area contributed by atoms with Crippen molar-refractivity contribution >= 4 is 72.5 Å². The van der Waals surface area contributed by atoms with Gasteiger partial charge < -0.3 is 32.2 Å². The van der Waals surface area contributed by atoms with Crippen LogP contribution in [0.4, 0.5) is 22.7 Å². The molecular formula is C36H46N6O12S5Y3-2. The van der Waals surface area contributed by atoms with E-state index in [4.69, 9.17) is 21.4 Å². The zero-order valence-electron chi connectivity index (χ0n) is 34.0. The van der Waals surface area contributed by atoms with E-state index in [1.807, 2.05) is 20.8 Å². The van der Waals surface area contributed by atoms with E-state index in [2.05, 4.69) is 40.2 Å². The summed E-state index contributed by atoms with van der Waals surface area (Å²) in [4.78, 5) is 3.64. The van der Waals surface area contributed by atoms with Gasteiger partial charge in [0.15, 0.2) is 44.3 Å². The number of nitrogen functional groups attached to an aromatic ring is 2. The second-order valence-electron chi connectivity index (χ2n) is 12.6. The third-order valence-corrected chi connectivity index (χ3v) is 13.6. The van der Waals surface area contributed by atoms with Crippen LogP contribution in [0.5, 0.6) is 0 Å². The fourth-order valence-corrected chi connectivity index (χ4v) is 7.57. The molecule has 0 fully saturated rings. The molecule has 0 spiro atoms. The van der Waals surface area contributed by atoms with Crippen molar-refractivity contribution in [3.05, 3.63) is 123 Å². The second kappa shape index (κ2) is 29.2. The van der Waals surface area contributed by atoms with Gasteiger partial charge in [-0.15, -0.1) is 0 Å². The Hall–Kier alpha value is -1.52. The average molecular weight is 1180 g/mol. The zero-order valence-corrected chi connectivity index (χ0v) is 46.6. The number of nitrogens with two attached hydrogens (primary N) is 2. The van der Waals surface area contributed by atoms with Crippen molar-refractivity contribution in [2.75, 3.05) is 41.1 Å². The summed E-state index contributed by atoms with van der Waals surface area (Å²) in [6.45, 7) is 15.2. The quantitative estimate of drug-likeness (QED) is 0.0505. The molecule has 26 heteroatoms. The number of diazo groups is 1. The average Bonchev–Trinajstić information content (AvgIpc) is 3.17. The molecule has 0 aliphatic rings. The smallest absolute Gasteiger partial charge is 0.397 e. The molecule has 0 saturated carbocycles. The van der Waals surface area contributed by atoms with Crippen molar-refractivity contribution in [1.29, 1.82) is 5.39 Å². The van der Waals surface area contributed by atoms with Crippen molar-refractivity contribution in [2.24, 2.45) is 10.2 Å². The van der Waals surface area contributed by atoms with E-state index in [9.17, 15) is 42.1 Å². The molecule has 0 amide bonds. The molecule has 0 heterocycles. The third-order valence-electron chi connectivity index (χ3n) is 6.84. The first-order chi connectivity index (χ1) is 27.1. The Labute approximate surface area is 441 Å². The van der Waals surface area contributed by atoms with Gasteiger partial charge in [-0.05, 0) is 106 Å². The fourth-order valence-electron chi connectivity index (χ4n) is 3.72. The first-order valence-electron chi connectivity index (χ1n) is 16.7. The van der Waals surface area contributed by atoms with Crippen molar-refractivity contribution in [2.45, 2.75) is 45.9 Å². The van der Waals surface area contributed by atoms with Crippen LogP contribution >= 0.6 is 0 Å². The second-order valence-corrected chi connectivity index (χ2v) is 22.1. The van der Waals surface area contributed by atoms with Crippen molar-refractivity contribution in [3.8, 4) is 0 Å². The van der Waals surface area contributed by atoms with Crippen LogP contribution in [0.25, 0.3) is 4.98 Å². The molecule has 0 atom stereocenters. The summed E-state index contributed by atoms with van der Waals surface area (Å²) in [7, 11) is -18.0. The van der Waals surface area contributed by atoms with E-state index in [0.717, 1.165) is 0 Å². The van der Waals surface area contributed by atoms with E-state index in [0.29, 0.717) is 22.7 Å². The maximum absolute atomic E-state index is 11.6. The molecule has 18 nitrogen and oxygen atoms in total. The SMILES string of the molecule is Nc1ccc(S(=O)(=O)CCOS(=O)(=O)O)cc1.[CH2-]CS(=O)(=O)c1ccc(N)cc1.[CH2-]CS(=O)(=O)c1ccc(N=NC(C)(C)C)cc1.[CH2-]CS(=O)(=O)c1ccc([N+]#N)cc1.[Y].[Y].[Y]. The molecule has 0 unspecified atom stereocenters. The van der Waals surface area contributed by atoms with E-state index >= 15 is 0 Å². The van der Waals surface area contributed by atoms with Crippen LogP contribution in [0.15, 0.2) is 127 Å². The van der Waals surface area contributed by atoms with Crippen molar-refractivity contribution < 1.29 is 149 Å². The Morgan fingerprint density at radius 1 is 0.581 bits per heavy atom. The molecule has 0 aromatic heterocycles. The molecule has 62 heavy (non-hydrogen) atoms. The predicted molar refractivity (Wildman–Crippen MR) is 225 cm³/mol. The number of nitrogens with zero attached hydrogens (tertiary/aromatic N) is 4. The molecule has 0 bridgehead atoms. The van der Waals surface area contributed by atoms with Crippen LogP contribution in [-0.2, 0) is 152 Å². The number of rotatable bonds is 12. The topological polar surface area (TPSA) is 305 Å². The molecule has 4 rings (SSSR count). The van der Waals surface area contributed by atoms with Gasteiger partial charge in [0.2, 0.25) is 5.39 Å². The number of hydrogen-bond donors (Lipinski definition) is 3. The standard InChI is InChI=1S/C12H17N2O2S.C8H8N2O2S.C8H11NO6S2.C8H10NO2S.3Y/c1-5-17(15,16)11-8-6-10(7-9-11)13-14-12(2,3)4;1-2-13(11,12)8-5-3-7(10-9)4-6-8;9-7-1-3-8(4-2-7)16(10,11)6-5-15-17(12,13)14;1-2-12(10,11)8-5-3-7(9)4-6-8;;;/h6-9H,1,5H2,2-4H3;3-6H,1-2H2;1-4H,5-6,9H2,(H,12,13,14);3-6H,1-2,9H2;;;/q-1;;;-1;;;. The number of azo groups is 1. The molecule has 5 N–H and O–H groups in total. The van der Waals surface area contributed by atoms with E-state index in [-0.39, 0.29) is 141 Å². The summed E-state index contributed by atoms with van der Waals surface area (Å²) in [5.41, 5.74) is 12.5. The van der Waals surface area contributed by atoms with E-state index in [1.165, 1.54) is 72.8 Å². The Balaban J connectivity index is -0.000000744. The van der Waals surface area contributed by atoms with Gasteiger partial charge in [0.25, 0.3) is 0 Å². The molecule has 0 aliphatic carbocycles. The number of benzene rings is 4. The van der Waals surface area contributed by atoms with Gasteiger partial charge in [0.05, 0.1) is 43.2 Å². The predicted octanol–water partition coefficient (Wildman–Crippen LogP) is 5.69. The largest absolute Gasteiger partial charge is 0.399 e. The van der Waals surface area contributed by atoms with E-state index in [1.54, 1.807) is 24.3 Å². The Bertz CT molecular complexity index is 2610. The minimum atomic E-state index is -4.62. The van der Waals surface area contributed by atoms with Gasteiger partial charge in [0, 0.05) is 122 Å². The summed E-state index contributed by atoms with van der Waals surface area (Å²) in [5, 5.41) is 16.5. The molecule has 0 saturated heterocycles. The van der Waals surface area contributed by atoms with Gasteiger partial charge in [-0.3, -0.25) is 4.55 Å². The van der Waals surface area contributed by atoms with Gasteiger partial charge in [-0.1, -0.05) is 17.3 Å². The van der Waals surface area contributed by atoms with Gasteiger partial charge >= 0.3 is 16.1 Å². The van der Waals surface area contributed by atoms with E-state index < -0.39 is 62.1 Å². The monoisotopic (exact) mass is 1180 g/mol.